The van der Waals surface area contributed by atoms with Crippen molar-refractivity contribution in [1.82, 2.24) is 9.88 Å². The van der Waals surface area contributed by atoms with E-state index in [1.54, 1.807) is 4.90 Å². The number of benzene rings is 2. The summed E-state index contributed by atoms with van der Waals surface area (Å²) in [7, 11) is -4.00. The first kappa shape index (κ1) is 22.0. The fourth-order valence-corrected chi connectivity index (χ4v) is 5.39. The summed E-state index contributed by atoms with van der Waals surface area (Å²) in [6, 6.07) is 10.4. The Bertz CT molecular complexity index is 1330. The van der Waals surface area contributed by atoms with Gasteiger partial charge in [0.25, 0.3) is 15.9 Å². The molecule has 4 rings (SSSR count). The van der Waals surface area contributed by atoms with E-state index < -0.39 is 21.4 Å². The first-order valence-corrected chi connectivity index (χ1v) is 11.9. The van der Waals surface area contributed by atoms with Gasteiger partial charge in [0.1, 0.15) is 5.82 Å². The third kappa shape index (κ3) is 4.52. The minimum atomic E-state index is -4.00. The average Bonchev–Trinajstić information content (AvgIpc) is 2.73. The molecule has 3 aromatic rings. The highest BCUT2D eigenvalue weighted by Crippen LogP contribution is 2.26. The quantitative estimate of drug-likeness (QED) is 0.625. The lowest BCUT2D eigenvalue weighted by atomic mass is 9.91. The number of nitrogens with one attached hydrogen (secondary N) is 2. The summed E-state index contributed by atoms with van der Waals surface area (Å²) in [4.78, 5) is 29.8. The molecule has 0 spiro atoms. The van der Waals surface area contributed by atoms with Gasteiger partial charge in [0.15, 0.2) is 0 Å². The molecule has 1 aliphatic heterocycles. The topological polar surface area (TPSA) is 99.3 Å². The standard InChI is InChI=1S/C23H24FN3O4S/c1-14-9-15(2)13-27(12-14)23(29)20-11-22(28)25-21-8-7-18(10-19(20)21)32(30,31)26-17-5-3-16(24)4-6-17/h3-8,10-11,14-15,26H,9,12-13H2,1-2H3,(H,25,28)/t14-,15-/m0/s1. The van der Waals surface area contributed by atoms with Gasteiger partial charge in [-0.15, -0.1) is 0 Å². The maximum atomic E-state index is 13.3. The molecule has 1 saturated heterocycles. The average molecular weight is 458 g/mol. The number of sulfonamides is 1. The van der Waals surface area contributed by atoms with E-state index in [0.29, 0.717) is 35.8 Å². The number of rotatable bonds is 4. The number of fused-ring (bicyclic) bond motifs is 1. The van der Waals surface area contributed by atoms with Crippen molar-refractivity contribution in [2.75, 3.05) is 17.8 Å². The van der Waals surface area contributed by atoms with Gasteiger partial charge in [-0.2, -0.15) is 0 Å². The van der Waals surface area contributed by atoms with E-state index in [-0.39, 0.29) is 22.1 Å². The second-order valence-corrected chi connectivity index (χ2v) is 10.2. The van der Waals surface area contributed by atoms with Crippen molar-refractivity contribution < 1.29 is 17.6 Å². The summed E-state index contributed by atoms with van der Waals surface area (Å²) in [6.07, 6.45) is 1.03. The number of nitrogens with zero attached hydrogens (tertiary/aromatic N) is 1. The number of amides is 1. The summed E-state index contributed by atoms with van der Waals surface area (Å²) in [5, 5.41) is 0.350. The molecule has 0 aliphatic carbocycles. The van der Waals surface area contributed by atoms with E-state index in [9.17, 15) is 22.4 Å². The number of pyridine rings is 1. The van der Waals surface area contributed by atoms with Gasteiger partial charge in [0.2, 0.25) is 5.56 Å². The van der Waals surface area contributed by atoms with Gasteiger partial charge < -0.3 is 9.88 Å². The number of anilines is 1. The maximum Gasteiger partial charge on any atom is 0.261 e. The van der Waals surface area contributed by atoms with Crippen molar-refractivity contribution in [2.45, 2.75) is 25.2 Å². The van der Waals surface area contributed by atoms with Gasteiger partial charge >= 0.3 is 0 Å². The molecule has 0 unspecified atom stereocenters. The fraction of sp³-hybridized carbons (Fsp3) is 0.304. The van der Waals surface area contributed by atoms with Crippen molar-refractivity contribution >= 4 is 32.5 Å². The van der Waals surface area contributed by atoms with E-state index in [1.165, 1.54) is 36.4 Å². The Kier molecular flexibility index (Phi) is 5.77. The molecule has 1 aliphatic rings. The van der Waals surface area contributed by atoms with Crippen molar-refractivity contribution in [3.63, 3.8) is 0 Å². The van der Waals surface area contributed by atoms with Gasteiger partial charge in [-0.05, 0) is 60.7 Å². The van der Waals surface area contributed by atoms with E-state index >= 15 is 0 Å². The van der Waals surface area contributed by atoms with Crippen LogP contribution in [-0.2, 0) is 10.0 Å². The number of likely N-dealkylation sites (tertiary alicyclic amines) is 1. The smallest absolute Gasteiger partial charge is 0.261 e. The summed E-state index contributed by atoms with van der Waals surface area (Å²) in [5.74, 6) is -0.0914. The Morgan fingerprint density at radius 3 is 2.38 bits per heavy atom. The maximum absolute atomic E-state index is 13.3. The SMILES string of the molecule is C[C@H]1C[C@H](C)CN(C(=O)c2cc(=O)[nH]c3ccc(S(=O)(=O)Nc4ccc(F)cc4)cc23)C1. The minimum Gasteiger partial charge on any atom is -0.338 e. The number of carbonyl (C=O) groups is 1. The van der Waals surface area contributed by atoms with Crippen molar-refractivity contribution in [1.29, 1.82) is 0 Å². The molecule has 1 amide bonds. The molecule has 9 heteroatoms. The molecular weight excluding hydrogens is 433 g/mol. The number of aromatic amines is 1. The van der Waals surface area contributed by atoms with Crippen LogP contribution in [0.5, 0.6) is 0 Å². The van der Waals surface area contributed by atoms with Crippen LogP contribution in [0.2, 0.25) is 0 Å². The molecule has 2 atom stereocenters. The molecule has 1 aromatic heterocycles. The zero-order valence-corrected chi connectivity index (χ0v) is 18.6. The molecule has 2 N–H and O–H groups in total. The molecule has 0 bridgehead atoms. The second kappa shape index (κ2) is 8.38. The number of hydrogen-bond donors (Lipinski definition) is 2. The van der Waals surface area contributed by atoms with Crippen LogP contribution in [-0.4, -0.2) is 37.3 Å². The van der Waals surface area contributed by atoms with Crippen molar-refractivity contribution in [3.8, 4) is 0 Å². The molecular formula is C23H24FN3O4S. The number of hydrogen-bond acceptors (Lipinski definition) is 4. The van der Waals surface area contributed by atoms with Gasteiger partial charge in [-0.3, -0.25) is 14.3 Å². The minimum absolute atomic E-state index is 0.0733. The van der Waals surface area contributed by atoms with Crippen LogP contribution in [0.4, 0.5) is 10.1 Å². The Morgan fingerprint density at radius 1 is 1.06 bits per heavy atom. The van der Waals surface area contributed by atoms with E-state index in [4.69, 9.17) is 0 Å². The zero-order valence-electron chi connectivity index (χ0n) is 17.8. The number of carbonyl (C=O) groups excluding carboxylic acids is 1. The Hall–Kier alpha value is -3.20. The van der Waals surface area contributed by atoms with Gasteiger partial charge in [0, 0.05) is 35.7 Å². The van der Waals surface area contributed by atoms with Gasteiger partial charge in [-0.25, -0.2) is 12.8 Å². The van der Waals surface area contributed by atoms with Gasteiger partial charge in [-0.1, -0.05) is 13.8 Å². The van der Waals surface area contributed by atoms with Crippen LogP contribution in [0.25, 0.3) is 10.9 Å². The van der Waals surface area contributed by atoms with Crippen LogP contribution < -0.4 is 10.3 Å². The lowest BCUT2D eigenvalue weighted by Crippen LogP contribution is -2.42. The van der Waals surface area contributed by atoms with E-state index in [1.807, 2.05) is 0 Å². The largest absolute Gasteiger partial charge is 0.338 e. The van der Waals surface area contributed by atoms with Gasteiger partial charge in [0.05, 0.1) is 10.5 Å². The lowest BCUT2D eigenvalue weighted by molar-refractivity contribution is 0.0625. The molecule has 0 saturated carbocycles. The monoisotopic (exact) mass is 457 g/mol. The molecule has 2 aromatic carbocycles. The normalized spacial score (nSPS) is 19.2. The number of H-pyrrole nitrogens is 1. The predicted octanol–water partition coefficient (Wildman–Crippen LogP) is 3.59. The predicted molar refractivity (Wildman–Crippen MR) is 121 cm³/mol. The fourth-order valence-electron chi connectivity index (χ4n) is 4.31. The molecule has 168 valence electrons. The lowest BCUT2D eigenvalue weighted by Gasteiger charge is -2.35. The number of piperidine rings is 1. The van der Waals surface area contributed by atoms with Crippen molar-refractivity contribution in [3.05, 3.63) is 70.3 Å². The highest BCUT2D eigenvalue weighted by molar-refractivity contribution is 7.92. The Labute approximate surface area is 185 Å². The summed E-state index contributed by atoms with van der Waals surface area (Å²) < 4.78 is 41.3. The first-order valence-electron chi connectivity index (χ1n) is 10.4. The zero-order chi connectivity index (χ0) is 23.0. The summed E-state index contributed by atoms with van der Waals surface area (Å²) in [5.41, 5.74) is 0.322. The van der Waals surface area contributed by atoms with Crippen LogP contribution in [0.3, 0.4) is 0 Å². The van der Waals surface area contributed by atoms with E-state index in [0.717, 1.165) is 18.6 Å². The van der Waals surface area contributed by atoms with Crippen LogP contribution in [0.1, 0.15) is 30.6 Å². The third-order valence-corrected chi connectivity index (χ3v) is 6.99. The third-order valence-electron chi connectivity index (χ3n) is 5.61. The Balaban J connectivity index is 1.74. The van der Waals surface area contributed by atoms with Crippen LogP contribution in [0, 0.1) is 17.7 Å². The second-order valence-electron chi connectivity index (χ2n) is 8.52. The van der Waals surface area contributed by atoms with Crippen LogP contribution in [0.15, 0.2) is 58.2 Å². The molecule has 0 radical (unpaired) electrons. The Morgan fingerprint density at radius 2 is 1.72 bits per heavy atom. The highest BCUT2D eigenvalue weighted by atomic mass is 32.2. The van der Waals surface area contributed by atoms with E-state index in [2.05, 4.69) is 23.6 Å². The van der Waals surface area contributed by atoms with Crippen LogP contribution >= 0.6 is 0 Å². The molecule has 2 heterocycles. The number of aromatic nitrogens is 1. The summed E-state index contributed by atoms with van der Waals surface area (Å²) >= 11 is 0. The first-order chi connectivity index (χ1) is 15.1. The molecule has 7 nitrogen and oxygen atoms in total. The van der Waals surface area contributed by atoms with Crippen molar-refractivity contribution in [2.24, 2.45) is 11.8 Å². The molecule has 1 fully saturated rings. The highest BCUT2D eigenvalue weighted by Gasteiger charge is 2.28. The number of halogens is 1. The summed E-state index contributed by atoms with van der Waals surface area (Å²) in [6.45, 7) is 5.33. The molecule has 32 heavy (non-hydrogen) atoms.